The number of allylic oxidation sites excluding steroid dienone is 3. The Bertz CT molecular complexity index is 920. The number of amides is 1. The van der Waals surface area contributed by atoms with Crippen molar-refractivity contribution in [2.45, 2.75) is 289 Å². The Morgan fingerprint density at radius 2 is 0.797 bits per heavy atom. The van der Waals surface area contributed by atoms with Gasteiger partial charge < -0.3 is 20.3 Å². The molecule has 6 nitrogen and oxygen atoms in total. The third-order valence-corrected chi connectivity index (χ3v) is 12.0. The van der Waals surface area contributed by atoms with E-state index >= 15 is 0 Å². The molecule has 348 valence electrons. The fraction of sp³-hybridized carbons (Fsp3) is 0.887. The van der Waals surface area contributed by atoms with Gasteiger partial charge in [-0.1, -0.05) is 231 Å². The second kappa shape index (κ2) is 49.0. The van der Waals surface area contributed by atoms with Gasteiger partial charge in [-0.3, -0.25) is 9.59 Å². The maximum Gasteiger partial charge on any atom is 0.305 e. The van der Waals surface area contributed by atoms with E-state index in [9.17, 15) is 19.8 Å². The molecule has 59 heavy (non-hydrogen) atoms. The van der Waals surface area contributed by atoms with Gasteiger partial charge in [0, 0.05) is 12.8 Å². The van der Waals surface area contributed by atoms with Gasteiger partial charge >= 0.3 is 5.97 Å². The Labute approximate surface area is 367 Å². The van der Waals surface area contributed by atoms with E-state index in [0.29, 0.717) is 19.4 Å². The van der Waals surface area contributed by atoms with Gasteiger partial charge in [0.05, 0.1) is 25.4 Å². The van der Waals surface area contributed by atoms with Crippen LogP contribution in [0.2, 0.25) is 0 Å². The van der Waals surface area contributed by atoms with Crippen molar-refractivity contribution < 1.29 is 24.5 Å². The Kier molecular flexibility index (Phi) is 47.6. The fourth-order valence-electron chi connectivity index (χ4n) is 7.92. The summed E-state index contributed by atoms with van der Waals surface area (Å²) in [6.07, 6.45) is 57.5. The van der Waals surface area contributed by atoms with E-state index in [1.165, 1.54) is 193 Å². The van der Waals surface area contributed by atoms with Crippen molar-refractivity contribution in [2.24, 2.45) is 0 Å². The van der Waals surface area contributed by atoms with E-state index in [-0.39, 0.29) is 18.5 Å². The highest BCUT2D eigenvalue weighted by molar-refractivity contribution is 5.76. The summed E-state index contributed by atoms with van der Waals surface area (Å²) >= 11 is 0. The van der Waals surface area contributed by atoms with Crippen LogP contribution in [-0.2, 0) is 14.3 Å². The number of rotatable bonds is 48. The molecule has 0 heterocycles. The number of carbonyl (C=O) groups excluding carboxylic acids is 2. The fourth-order valence-corrected chi connectivity index (χ4v) is 7.92. The van der Waals surface area contributed by atoms with Crippen LogP contribution in [0.3, 0.4) is 0 Å². The molecule has 0 rings (SSSR count). The summed E-state index contributed by atoms with van der Waals surface area (Å²) in [5, 5.41) is 23.0. The predicted molar refractivity (Wildman–Crippen MR) is 255 cm³/mol. The summed E-state index contributed by atoms with van der Waals surface area (Å²) < 4.78 is 5.47. The van der Waals surface area contributed by atoms with E-state index < -0.39 is 12.1 Å². The van der Waals surface area contributed by atoms with Crippen molar-refractivity contribution in [2.75, 3.05) is 13.2 Å². The zero-order valence-electron chi connectivity index (χ0n) is 39.5. The number of hydrogen-bond acceptors (Lipinski definition) is 5. The summed E-state index contributed by atoms with van der Waals surface area (Å²) in [6, 6.07) is -0.634. The summed E-state index contributed by atoms with van der Waals surface area (Å²) in [6.45, 7) is 4.86. The number of unbranched alkanes of at least 4 members (excludes halogenated alkanes) is 35. The number of carbonyl (C=O) groups is 2. The molecule has 0 aromatic heterocycles. The van der Waals surface area contributed by atoms with Crippen LogP contribution in [0, 0.1) is 0 Å². The molecule has 2 atom stereocenters. The first-order chi connectivity index (χ1) is 29.0. The number of aliphatic hydroxyl groups is 2. The molecule has 1 amide bonds. The number of aliphatic hydroxyl groups excluding tert-OH is 2. The standard InChI is InChI=1S/C53H101NO5/c1-3-5-7-9-11-13-15-16-17-18-19-23-27-31-35-39-43-47-53(58)59-48-44-40-36-32-28-24-21-20-22-26-30-34-38-42-46-52(57)54-50(49-55)51(56)45-41-37-33-29-25-14-12-10-8-6-4-2/h16-17,41,45,50-51,55-56H,3-15,18-40,42-44,46-49H2,1-2H3,(H,54,57)/b17-16-,45-41+. The lowest BCUT2D eigenvalue weighted by molar-refractivity contribution is -0.143. The number of nitrogens with one attached hydrogen (secondary N) is 1. The number of hydrogen-bond donors (Lipinski definition) is 3. The third-order valence-electron chi connectivity index (χ3n) is 12.0. The van der Waals surface area contributed by atoms with Crippen LogP contribution in [0.1, 0.15) is 277 Å². The highest BCUT2D eigenvalue weighted by Gasteiger charge is 2.18. The quantitative estimate of drug-likeness (QED) is 0.0322. The smallest absolute Gasteiger partial charge is 0.305 e. The largest absolute Gasteiger partial charge is 0.466 e. The van der Waals surface area contributed by atoms with Crippen LogP contribution >= 0.6 is 0 Å². The normalized spacial score (nSPS) is 12.8. The number of ether oxygens (including phenoxy) is 1. The average molecular weight is 832 g/mol. The maximum absolute atomic E-state index is 12.4. The van der Waals surface area contributed by atoms with Gasteiger partial charge in [-0.2, -0.15) is 0 Å². The molecule has 0 fully saturated rings. The van der Waals surface area contributed by atoms with Crippen molar-refractivity contribution in [3.63, 3.8) is 0 Å². The van der Waals surface area contributed by atoms with E-state index in [1.54, 1.807) is 6.08 Å². The summed E-state index contributed by atoms with van der Waals surface area (Å²) in [4.78, 5) is 24.4. The van der Waals surface area contributed by atoms with E-state index in [1.807, 2.05) is 6.08 Å². The molecule has 0 saturated carbocycles. The Balaban J connectivity index is 3.44. The van der Waals surface area contributed by atoms with E-state index in [4.69, 9.17) is 4.74 Å². The van der Waals surface area contributed by atoms with Gasteiger partial charge in [-0.15, -0.1) is 0 Å². The maximum atomic E-state index is 12.4. The lowest BCUT2D eigenvalue weighted by atomic mass is 10.0. The van der Waals surface area contributed by atoms with Crippen molar-refractivity contribution >= 4 is 11.9 Å². The molecule has 6 heteroatoms. The first-order valence-electron chi connectivity index (χ1n) is 26.1. The van der Waals surface area contributed by atoms with Crippen LogP contribution in [-0.4, -0.2) is 47.4 Å². The SMILES string of the molecule is CCCCCCCC/C=C\CCCCCCCCCC(=O)OCCCCCCCCCCCCCCCCC(=O)NC(CO)C(O)/C=C/CCCCCCCCCCC. The van der Waals surface area contributed by atoms with Crippen LogP contribution in [0.5, 0.6) is 0 Å². The summed E-state index contributed by atoms with van der Waals surface area (Å²) in [7, 11) is 0. The molecule has 0 aliphatic rings. The van der Waals surface area contributed by atoms with Crippen LogP contribution in [0.25, 0.3) is 0 Å². The molecule has 3 N–H and O–H groups in total. The Morgan fingerprint density at radius 1 is 0.458 bits per heavy atom. The first-order valence-corrected chi connectivity index (χ1v) is 26.1. The topological polar surface area (TPSA) is 95.9 Å². The van der Waals surface area contributed by atoms with E-state index in [0.717, 1.165) is 57.8 Å². The van der Waals surface area contributed by atoms with Gasteiger partial charge in [0.2, 0.25) is 5.91 Å². The minimum absolute atomic E-state index is 0.00720. The lowest BCUT2D eigenvalue weighted by Gasteiger charge is -2.20. The molecule has 0 aromatic carbocycles. The minimum Gasteiger partial charge on any atom is -0.466 e. The Morgan fingerprint density at radius 3 is 1.20 bits per heavy atom. The number of esters is 1. The molecule has 0 aromatic rings. The molecular weight excluding hydrogens is 731 g/mol. The highest BCUT2D eigenvalue weighted by atomic mass is 16.5. The van der Waals surface area contributed by atoms with Crippen LogP contribution in [0.4, 0.5) is 0 Å². The summed E-state index contributed by atoms with van der Waals surface area (Å²) in [5.74, 6) is -0.0871. The minimum atomic E-state index is -0.849. The molecule has 0 bridgehead atoms. The molecular formula is C53H101NO5. The highest BCUT2D eigenvalue weighted by Crippen LogP contribution is 2.16. The van der Waals surface area contributed by atoms with Crippen molar-refractivity contribution in [3.05, 3.63) is 24.3 Å². The molecule has 0 aliphatic heterocycles. The van der Waals surface area contributed by atoms with Gasteiger partial charge in [-0.25, -0.2) is 0 Å². The zero-order chi connectivity index (χ0) is 43.0. The zero-order valence-corrected chi connectivity index (χ0v) is 39.5. The van der Waals surface area contributed by atoms with Crippen molar-refractivity contribution in [1.82, 2.24) is 5.32 Å². The lowest BCUT2D eigenvalue weighted by Crippen LogP contribution is -2.45. The predicted octanol–water partition coefficient (Wildman–Crippen LogP) is 15.5. The molecule has 0 radical (unpaired) electrons. The second-order valence-electron chi connectivity index (χ2n) is 17.9. The first kappa shape index (κ1) is 57.3. The molecule has 0 spiro atoms. The molecule has 0 aliphatic carbocycles. The van der Waals surface area contributed by atoms with Gasteiger partial charge in [0.1, 0.15) is 0 Å². The van der Waals surface area contributed by atoms with Crippen molar-refractivity contribution in [3.8, 4) is 0 Å². The molecule has 2 unspecified atom stereocenters. The van der Waals surface area contributed by atoms with Gasteiger partial charge in [0.15, 0.2) is 0 Å². The Hall–Kier alpha value is -1.66. The van der Waals surface area contributed by atoms with Gasteiger partial charge in [0.25, 0.3) is 0 Å². The molecule has 0 saturated heterocycles. The van der Waals surface area contributed by atoms with Crippen molar-refractivity contribution in [1.29, 1.82) is 0 Å². The van der Waals surface area contributed by atoms with Crippen LogP contribution in [0.15, 0.2) is 24.3 Å². The average Bonchev–Trinajstić information content (AvgIpc) is 3.24. The van der Waals surface area contributed by atoms with Crippen LogP contribution < -0.4 is 5.32 Å². The van der Waals surface area contributed by atoms with Gasteiger partial charge in [-0.05, 0) is 57.8 Å². The summed E-state index contributed by atoms with van der Waals surface area (Å²) in [5.41, 5.74) is 0. The third kappa shape index (κ3) is 45.7. The monoisotopic (exact) mass is 832 g/mol. The van der Waals surface area contributed by atoms with E-state index in [2.05, 4.69) is 31.3 Å². The second-order valence-corrected chi connectivity index (χ2v) is 17.9.